The van der Waals surface area contributed by atoms with Crippen molar-refractivity contribution in [1.29, 1.82) is 0 Å². The average Bonchev–Trinajstić information content (AvgIpc) is 2.20. The Morgan fingerprint density at radius 2 is 2.15 bits per heavy atom. The number of hydrogen-bond acceptors (Lipinski definition) is 2. The molecule has 2 heteroatoms. The third-order valence-electron chi connectivity index (χ3n) is 2.84. The van der Waals surface area contributed by atoms with Crippen molar-refractivity contribution in [1.82, 2.24) is 4.98 Å². The molecule has 0 amide bonds. The summed E-state index contributed by atoms with van der Waals surface area (Å²) in [6, 6.07) is 4.00. The highest BCUT2D eigenvalue weighted by Gasteiger charge is 2.24. The lowest BCUT2D eigenvalue weighted by molar-refractivity contribution is 0.106. The van der Waals surface area contributed by atoms with Gasteiger partial charge in [-0.1, -0.05) is 18.9 Å². The van der Waals surface area contributed by atoms with Gasteiger partial charge in [0.25, 0.3) is 0 Å². The highest BCUT2D eigenvalue weighted by molar-refractivity contribution is 5.16. The summed E-state index contributed by atoms with van der Waals surface area (Å²) in [6.07, 6.45) is 7.94. The van der Waals surface area contributed by atoms with E-state index in [9.17, 15) is 5.11 Å². The van der Waals surface area contributed by atoms with Gasteiger partial charge in [-0.3, -0.25) is 4.98 Å². The fraction of sp³-hybridized carbons (Fsp3) is 0.545. The molecule has 0 aromatic carbocycles. The molecule has 0 aliphatic heterocycles. The van der Waals surface area contributed by atoms with Gasteiger partial charge < -0.3 is 5.11 Å². The van der Waals surface area contributed by atoms with Gasteiger partial charge in [-0.2, -0.15) is 0 Å². The first kappa shape index (κ1) is 8.70. The summed E-state index contributed by atoms with van der Waals surface area (Å²) < 4.78 is 0. The maximum atomic E-state index is 9.79. The molecule has 1 fully saturated rings. The van der Waals surface area contributed by atoms with E-state index in [4.69, 9.17) is 0 Å². The van der Waals surface area contributed by atoms with E-state index >= 15 is 0 Å². The quantitative estimate of drug-likeness (QED) is 0.712. The largest absolute Gasteiger partial charge is 0.392 e. The summed E-state index contributed by atoms with van der Waals surface area (Å²) in [5, 5.41) is 9.79. The number of hydrogen-bond donors (Lipinski definition) is 1. The topological polar surface area (TPSA) is 33.1 Å². The second-order valence-corrected chi connectivity index (χ2v) is 3.74. The van der Waals surface area contributed by atoms with Crippen LogP contribution >= 0.6 is 0 Å². The number of rotatable bonds is 1. The van der Waals surface area contributed by atoms with Gasteiger partial charge in [0.05, 0.1) is 6.10 Å². The summed E-state index contributed by atoms with van der Waals surface area (Å²) in [4.78, 5) is 4.08. The van der Waals surface area contributed by atoms with Crippen molar-refractivity contribution in [2.24, 2.45) is 0 Å². The molecule has 13 heavy (non-hydrogen) atoms. The first-order valence-electron chi connectivity index (χ1n) is 4.96. The van der Waals surface area contributed by atoms with Crippen molar-refractivity contribution < 1.29 is 5.11 Å². The van der Waals surface area contributed by atoms with Gasteiger partial charge in [0.2, 0.25) is 0 Å². The zero-order chi connectivity index (χ0) is 9.10. The van der Waals surface area contributed by atoms with Crippen LogP contribution in [0.3, 0.4) is 0 Å². The van der Waals surface area contributed by atoms with Crippen molar-refractivity contribution in [2.45, 2.75) is 37.7 Å². The van der Waals surface area contributed by atoms with Crippen molar-refractivity contribution in [3.05, 3.63) is 30.1 Å². The van der Waals surface area contributed by atoms with Gasteiger partial charge in [-0.05, 0) is 24.5 Å². The number of pyridine rings is 1. The Morgan fingerprint density at radius 1 is 1.31 bits per heavy atom. The Morgan fingerprint density at radius 3 is 2.85 bits per heavy atom. The lowest BCUT2D eigenvalue weighted by atomic mass is 9.82. The van der Waals surface area contributed by atoms with Crippen LogP contribution in [0.4, 0.5) is 0 Å². The van der Waals surface area contributed by atoms with Crippen LogP contribution in [0.2, 0.25) is 0 Å². The zero-order valence-corrected chi connectivity index (χ0v) is 7.69. The van der Waals surface area contributed by atoms with E-state index in [-0.39, 0.29) is 6.10 Å². The Hall–Kier alpha value is -0.890. The van der Waals surface area contributed by atoms with Crippen LogP contribution in [0.15, 0.2) is 24.5 Å². The van der Waals surface area contributed by atoms with E-state index in [0.29, 0.717) is 5.92 Å². The molecule has 2 nitrogen and oxygen atoms in total. The van der Waals surface area contributed by atoms with Crippen LogP contribution in [-0.2, 0) is 0 Å². The molecule has 2 atom stereocenters. The average molecular weight is 177 g/mol. The van der Waals surface area contributed by atoms with Crippen LogP contribution in [-0.4, -0.2) is 16.2 Å². The molecule has 1 aromatic rings. The lowest BCUT2D eigenvalue weighted by Gasteiger charge is -2.27. The van der Waals surface area contributed by atoms with E-state index in [1.807, 2.05) is 12.3 Å². The number of aliphatic hydroxyl groups is 1. The Labute approximate surface area is 78.6 Å². The standard InChI is InChI=1S/C11H15NO/c13-11-6-2-1-5-10(11)9-4-3-7-12-8-9/h3-4,7-8,10-11,13H,1-2,5-6H2/t10-,11+/m0/s1. The van der Waals surface area contributed by atoms with E-state index in [1.54, 1.807) is 6.20 Å². The highest BCUT2D eigenvalue weighted by atomic mass is 16.3. The molecule has 1 saturated carbocycles. The summed E-state index contributed by atoms with van der Waals surface area (Å²) in [5.41, 5.74) is 1.19. The highest BCUT2D eigenvalue weighted by Crippen LogP contribution is 2.32. The first-order chi connectivity index (χ1) is 6.38. The lowest BCUT2D eigenvalue weighted by Crippen LogP contribution is -2.22. The summed E-state index contributed by atoms with van der Waals surface area (Å²) in [7, 11) is 0. The Bertz CT molecular complexity index is 260. The maximum absolute atomic E-state index is 9.79. The third kappa shape index (κ3) is 1.89. The molecule has 0 unspecified atom stereocenters. The fourth-order valence-electron chi connectivity index (χ4n) is 2.10. The summed E-state index contributed by atoms with van der Waals surface area (Å²) >= 11 is 0. The van der Waals surface area contributed by atoms with E-state index in [0.717, 1.165) is 19.3 Å². The second-order valence-electron chi connectivity index (χ2n) is 3.74. The van der Waals surface area contributed by atoms with Crippen LogP contribution < -0.4 is 0 Å². The molecule has 1 aromatic heterocycles. The molecule has 70 valence electrons. The zero-order valence-electron chi connectivity index (χ0n) is 7.69. The molecule has 0 radical (unpaired) electrons. The molecule has 1 N–H and O–H groups in total. The first-order valence-corrected chi connectivity index (χ1v) is 4.96. The van der Waals surface area contributed by atoms with Crippen molar-refractivity contribution in [2.75, 3.05) is 0 Å². The van der Waals surface area contributed by atoms with Crippen molar-refractivity contribution in [3.63, 3.8) is 0 Å². The van der Waals surface area contributed by atoms with Crippen molar-refractivity contribution >= 4 is 0 Å². The summed E-state index contributed by atoms with van der Waals surface area (Å²) in [5.74, 6) is 0.322. The van der Waals surface area contributed by atoms with Gasteiger partial charge in [0, 0.05) is 18.3 Å². The SMILES string of the molecule is O[C@@H]1CCCC[C@H]1c1cccnc1. The predicted molar refractivity (Wildman–Crippen MR) is 51.5 cm³/mol. The Kier molecular flexibility index (Phi) is 2.60. The van der Waals surface area contributed by atoms with Crippen LogP contribution in [0.5, 0.6) is 0 Å². The van der Waals surface area contributed by atoms with Gasteiger partial charge >= 0.3 is 0 Å². The molecule has 0 spiro atoms. The minimum atomic E-state index is -0.155. The smallest absolute Gasteiger partial charge is 0.0609 e. The Balaban J connectivity index is 2.15. The van der Waals surface area contributed by atoms with Gasteiger partial charge in [-0.25, -0.2) is 0 Å². The molecular weight excluding hydrogens is 162 g/mol. The van der Waals surface area contributed by atoms with Gasteiger partial charge in [0.15, 0.2) is 0 Å². The van der Waals surface area contributed by atoms with Crippen LogP contribution in [0, 0.1) is 0 Å². The maximum Gasteiger partial charge on any atom is 0.0609 e. The molecule has 1 heterocycles. The van der Waals surface area contributed by atoms with Gasteiger partial charge in [-0.15, -0.1) is 0 Å². The fourth-order valence-corrected chi connectivity index (χ4v) is 2.10. The molecule has 1 aliphatic carbocycles. The van der Waals surface area contributed by atoms with Crippen molar-refractivity contribution in [3.8, 4) is 0 Å². The molecule has 1 aliphatic rings. The number of nitrogens with zero attached hydrogens (tertiary/aromatic N) is 1. The van der Waals surface area contributed by atoms with E-state index < -0.39 is 0 Å². The molecule has 0 bridgehead atoms. The van der Waals surface area contributed by atoms with Gasteiger partial charge in [0.1, 0.15) is 0 Å². The van der Waals surface area contributed by atoms with E-state index in [2.05, 4.69) is 11.1 Å². The number of aromatic nitrogens is 1. The van der Waals surface area contributed by atoms with Crippen LogP contribution in [0.25, 0.3) is 0 Å². The monoisotopic (exact) mass is 177 g/mol. The minimum absolute atomic E-state index is 0.155. The second kappa shape index (κ2) is 3.88. The van der Waals surface area contributed by atoms with E-state index in [1.165, 1.54) is 12.0 Å². The predicted octanol–water partition coefficient (Wildman–Crippen LogP) is 2.10. The van der Waals surface area contributed by atoms with Crippen LogP contribution in [0.1, 0.15) is 37.2 Å². The normalized spacial score (nSPS) is 28.7. The third-order valence-corrected chi connectivity index (χ3v) is 2.84. The number of aliphatic hydroxyl groups excluding tert-OH is 1. The molecule has 2 rings (SSSR count). The summed E-state index contributed by atoms with van der Waals surface area (Å²) in [6.45, 7) is 0. The molecular formula is C11H15NO. The molecule has 0 saturated heterocycles. The minimum Gasteiger partial charge on any atom is -0.392 e.